The van der Waals surface area contributed by atoms with Crippen molar-refractivity contribution < 1.29 is 8.78 Å². The zero-order valence-corrected chi connectivity index (χ0v) is 9.00. The highest BCUT2D eigenvalue weighted by atomic mass is 19.1. The lowest BCUT2D eigenvalue weighted by Crippen LogP contribution is -2.20. The minimum atomic E-state index is -0.794. The summed E-state index contributed by atoms with van der Waals surface area (Å²) < 4.78 is 26.5. The molecule has 0 atom stereocenters. The average molecular weight is 222 g/mol. The molecular weight excluding hydrogens is 210 g/mol. The molecular formula is C12H12F2N2. The maximum atomic E-state index is 13.4. The van der Waals surface area contributed by atoms with Gasteiger partial charge in [0.15, 0.2) is 0 Å². The number of halogens is 2. The van der Waals surface area contributed by atoms with Gasteiger partial charge in [-0.05, 0) is 26.0 Å². The lowest BCUT2D eigenvalue weighted by atomic mass is 10.1. The van der Waals surface area contributed by atoms with Gasteiger partial charge in [0.2, 0.25) is 0 Å². The standard InChI is InChI=1S/C12H12F2N2/c1-16(10-2-3-10)7-9-4-8(6-15)11(13)5-12(9)14/h4-5,10H,2-3,7H2,1H3. The fraction of sp³-hybridized carbons (Fsp3) is 0.417. The van der Waals surface area contributed by atoms with Gasteiger partial charge in [0.05, 0.1) is 5.56 Å². The van der Waals surface area contributed by atoms with Gasteiger partial charge >= 0.3 is 0 Å². The van der Waals surface area contributed by atoms with Gasteiger partial charge in [0, 0.05) is 24.2 Å². The third-order valence-corrected chi connectivity index (χ3v) is 2.85. The van der Waals surface area contributed by atoms with E-state index < -0.39 is 11.6 Å². The molecule has 2 rings (SSSR count). The molecule has 84 valence electrons. The molecule has 0 aliphatic heterocycles. The van der Waals surface area contributed by atoms with E-state index in [9.17, 15) is 8.78 Å². The van der Waals surface area contributed by atoms with Crippen LogP contribution in [0.1, 0.15) is 24.0 Å². The van der Waals surface area contributed by atoms with Gasteiger partial charge in [-0.1, -0.05) is 0 Å². The maximum absolute atomic E-state index is 13.4. The van der Waals surface area contributed by atoms with Gasteiger partial charge in [-0.25, -0.2) is 8.78 Å². The van der Waals surface area contributed by atoms with Crippen LogP contribution in [-0.4, -0.2) is 18.0 Å². The van der Waals surface area contributed by atoms with E-state index >= 15 is 0 Å². The molecule has 0 heterocycles. The molecule has 0 N–H and O–H groups in total. The lowest BCUT2D eigenvalue weighted by molar-refractivity contribution is 0.310. The largest absolute Gasteiger partial charge is 0.299 e. The Bertz CT molecular complexity index is 447. The predicted molar refractivity (Wildman–Crippen MR) is 55.6 cm³/mol. The van der Waals surface area contributed by atoms with E-state index in [4.69, 9.17) is 5.26 Å². The van der Waals surface area contributed by atoms with Crippen molar-refractivity contribution in [2.45, 2.75) is 25.4 Å². The van der Waals surface area contributed by atoms with Crippen LogP contribution in [-0.2, 0) is 6.54 Å². The Kier molecular flexibility index (Phi) is 2.88. The molecule has 4 heteroatoms. The molecule has 0 radical (unpaired) electrons. The second kappa shape index (κ2) is 4.18. The molecule has 1 aliphatic carbocycles. The maximum Gasteiger partial charge on any atom is 0.143 e. The van der Waals surface area contributed by atoms with Gasteiger partial charge in [-0.2, -0.15) is 5.26 Å². The molecule has 1 fully saturated rings. The summed E-state index contributed by atoms with van der Waals surface area (Å²) in [5, 5.41) is 8.66. The number of benzene rings is 1. The van der Waals surface area contributed by atoms with E-state index in [0.717, 1.165) is 18.9 Å². The van der Waals surface area contributed by atoms with Crippen LogP contribution in [0.2, 0.25) is 0 Å². The zero-order chi connectivity index (χ0) is 11.7. The van der Waals surface area contributed by atoms with Crippen molar-refractivity contribution in [1.82, 2.24) is 4.90 Å². The van der Waals surface area contributed by atoms with E-state index in [-0.39, 0.29) is 5.56 Å². The Morgan fingerprint density at radius 3 is 2.62 bits per heavy atom. The zero-order valence-electron chi connectivity index (χ0n) is 9.00. The Hall–Kier alpha value is -1.47. The molecule has 0 aromatic heterocycles. The number of hydrogen-bond acceptors (Lipinski definition) is 2. The molecule has 0 spiro atoms. The topological polar surface area (TPSA) is 27.0 Å². The van der Waals surface area contributed by atoms with Gasteiger partial charge in [0.1, 0.15) is 17.7 Å². The number of nitriles is 1. The highest BCUT2D eigenvalue weighted by Gasteiger charge is 2.26. The van der Waals surface area contributed by atoms with Crippen LogP contribution in [0.15, 0.2) is 12.1 Å². The van der Waals surface area contributed by atoms with Crippen molar-refractivity contribution in [1.29, 1.82) is 5.26 Å². The van der Waals surface area contributed by atoms with Gasteiger partial charge in [0.25, 0.3) is 0 Å². The van der Waals surface area contributed by atoms with Crippen molar-refractivity contribution in [3.63, 3.8) is 0 Å². The number of nitrogens with zero attached hydrogens (tertiary/aromatic N) is 2. The van der Waals surface area contributed by atoms with Crippen molar-refractivity contribution in [3.05, 3.63) is 34.9 Å². The van der Waals surface area contributed by atoms with Crippen molar-refractivity contribution in [2.75, 3.05) is 7.05 Å². The molecule has 0 amide bonds. The second-order valence-corrected chi connectivity index (χ2v) is 4.18. The summed E-state index contributed by atoms with van der Waals surface area (Å²) in [7, 11) is 1.91. The van der Waals surface area contributed by atoms with E-state index in [1.165, 1.54) is 6.07 Å². The first kappa shape index (κ1) is 11.0. The van der Waals surface area contributed by atoms with Gasteiger partial charge in [-0.15, -0.1) is 0 Å². The first-order chi connectivity index (χ1) is 7.61. The van der Waals surface area contributed by atoms with E-state index in [1.54, 1.807) is 6.07 Å². The molecule has 1 aromatic carbocycles. The van der Waals surface area contributed by atoms with Crippen LogP contribution in [0.3, 0.4) is 0 Å². The number of hydrogen-bond donors (Lipinski definition) is 0. The summed E-state index contributed by atoms with van der Waals surface area (Å²) in [5.41, 5.74) is 0.285. The van der Waals surface area contributed by atoms with Crippen molar-refractivity contribution in [3.8, 4) is 6.07 Å². The first-order valence-corrected chi connectivity index (χ1v) is 5.20. The highest BCUT2D eigenvalue weighted by Crippen LogP contribution is 2.27. The minimum absolute atomic E-state index is 0.0967. The third-order valence-electron chi connectivity index (χ3n) is 2.85. The van der Waals surface area contributed by atoms with Crippen LogP contribution < -0.4 is 0 Å². The average Bonchev–Trinajstić information content (AvgIpc) is 3.05. The Balaban J connectivity index is 2.22. The van der Waals surface area contributed by atoms with Crippen LogP contribution in [0, 0.1) is 23.0 Å². The summed E-state index contributed by atoms with van der Waals surface area (Å²) >= 11 is 0. The van der Waals surface area contributed by atoms with Crippen LogP contribution in [0.5, 0.6) is 0 Å². The lowest BCUT2D eigenvalue weighted by Gasteiger charge is -2.16. The third kappa shape index (κ3) is 2.20. The number of rotatable bonds is 3. The van der Waals surface area contributed by atoms with Crippen LogP contribution in [0.4, 0.5) is 8.78 Å². The minimum Gasteiger partial charge on any atom is -0.299 e. The molecule has 0 unspecified atom stereocenters. The fourth-order valence-electron chi connectivity index (χ4n) is 1.71. The predicted octanol–water partition coefficient (Wildman–Crippen LogP) is 2.43. The van der Waals surface area contributed by atoms with Crippen LogP contribution >= 0.6 is 0 Å². The van der Waals surface area contributed by atoms with Crippen molar-refractivity contribution in [2.24, 2.45) is 0 Å². The first-order valence-electron chi connectivity index (χ1n) is 5.20. The highest BCUT2D eigenvalue weighted by molar-refractivity contribution is 5.35. The fourth-order valence-corrected chi connectivity index (χ4v) is 1.71. The van der Waals surface area contributed by atoms with Gasteiger partial charge in [-0.3, -0.25) is 4.90 Å². The van der Waals surface area contributed by atoms with Gasteiger partial charge < -0.3 is 0 Å². The molecule has 1 aromatic rings. The molecule has 1 aliphatic rings. The van der Waals surface area contributed by atoms with Crippen LogP contribution in [0.25, 0.3) is 0 Å². The van der Waals surface area contributed by atoms with Crippen molar-refractivity contribution >= 4 is 0 Å². The normalized spacial score (nSPS) is 15.2. The monoisotopic (exact) mass is 222 g/mol. The summed E-state index contributed by atoms with van der Waals surface area (Å²) in [6.07, 6.45) is 2.26. The second-order valence-electron chi connectivity index (χ2n) is 4.18. The molecule has 0 saturated heterocycles. The molecule has 0 bridgehead atoms. The Morgan fingerprint density at radius 2 is 2.06 bits per heavy atom. The Morgan fingerprint density at radius 1 is 1.38 bits per heavy atom. The SMILES string of the molecule is CN(Cc1cc(C#N)c(F)cc1F)C1CC1. The smallest absolute Gasteiger partial charge is 0.143 e. The Labute approximate surface area is 93.1 Å². The summed E-state index contributed by atoms with van der Waals surface area (Å²) in [5.74, 6) is -1.37. The molecule has 1 saturated carbocycles. The molecule has 16 heavy (non-hydrogen) atoms. The summed E-state index contributed by atoms with van der Waals surface area (Å²) in [4.78, 5) is 2.03. The van der Waals surface area contributed by atoms with E-state index in [0.29, 0.717) is 18.2 Å². The molecule has 2 nitrogen and oxygen atoms in total. The van der Waals surface area contributed by atoms with E-state index in [1.807, 2.05) is 11.9 Å². The quantitative estimate of drug-likeness (QED) is 0.785. The summed E-state index contributed by atoms with van der Waals surface area (Å²) in [6, 6.07) is 4.31. The summed E-state index contributed by atoms with van der Waals surface area (Å²) in [6.45, 7) is 0.422. The van der Waals surface area contributed by atoms with E-state index in [2.05, 4.69) is 0 Å².